The zero-order valence-electron chi connectivity index (χ0n) is 11.9. The lowest BCUT2D eigenvalue weighted by Gasteiger charge is -1.98. The van der Waals surface area contributed by atoms with Crippen LogP contribution in [0, 0.1) is 0 Å². The van der Waals surface area contributed by atoms with E-state index in [2.05, 4.69) is 9.98 Å². The third-order valence-electron chi connectivity index (χ3n) is 3.51. The normalized spacial score (nSPS) is 14.0. The van der Waals surface area contributed by atoms with Crippen molar-refractivity contribution < 1.29 is 14.3 Å². The number of fused-ring (bicyclic) bond motifs is 2. The Balaban J connectivity index is 1.86. The van der Waals surface area contributed by atoms with Gasteiger partial charge in [0.2, 0.25) is 12.6 Å². The van der Waals surface area contributed by atoms with Gasteiger partial charge in [0.1, 0.15) is 0 Å². The highest BCUT2D eigenvalue weighted by Gasteiger charge is 2.17. The van der Waals surface area contributed by atoms with Crippen molar-refractivity contribution in [2.24, 2.45) is 19.1 Å². The average molecular weight is 316 g/mol. The second-order valence-corrected chi connectivity index (χ2v) is 5.90. The Labute approximate surface area is 129 Å². The number of ether oxygens (including phenoxy) is 2. The van der Waals surface area contributed by atoms with Crippen LogP contribution in [0.1, 0.15) is 10.6 Å². The highest BCUT2D eigenvalue weighted by molar-refractivity contribution is 7.16. The van der Waals surface area contributed by atoms with Crippen molar-refractivity contribution in [3.8, 4) is 11.5 Å². The molecule has 1 aromatic carbocycles. The molecule has 0 unspecified atom stereocenters. The largest absolute Gasteiger partial charge is 0.454 e. The van der Waals surface area contributed by atoms with Crippen molar-refractivity contribution in [1.29, 1.82) is 0 Å². The first-order valence-corrected chi connectivity index (χ1v) is 7.40. The van der Waals surface area contributed by atoms with Gasteiger partial charge < -0.3 is 18.6 Å². The first-order chi connectivity index (χ1) is 10.6. The fraction of sp³-hybridized carbons (Fsp3) is 0.214. The number of amides is 1. The van der Waals surface area contributed by atoms with Gasteiger partial charge in [-0.25, -0.2) is 4.98 Å². The van der Waals surface area contributed by atoms with Gasteiger partial charge in [0.05, 0.1) is 10.2 Å². The third-order valence-corrected chi connectivity index (χ3v) is 4.61. The Hall–Kier alpha value is -2.61. The zero-order valence-corrected chi connectivity index (χ0v) is 12.8. The summed E-state index contributed by atoms with van der Waals surface area (Å²) in [7, 11) is 3.63. The van der Waals surface area contributed by atoms with Gasteiger partial charge in [0, 0.05) is 38.6 Å². The van der Waals surface area contributed by atoms with Gasteiger partial charge in [-0.05, 0) is 0 Å². The maximum Gasteiger partial charge on any atom is 0.315 e. The second-order valence-electron chi connectivity index (χ2n) is 4.90. The van der Waals surface area contributed by atoms with E-state index in [1.165, 1.54) is 11.3 Å². The number of hydrogen-bond acceptors (Lipinski definition) is 5. The Kier molecular flexibility index (Phi) is 2.80. The summed E-state index contributed by atoms with van der Waals surface area (Å²) in [6.45, 7) is 0.241. The van der Waals surface area contributed by atoms with Gasteiger partial charge in [-0.1, -0.05) is 11.3 Å². The fourth-order valence-electron chi connectivity index (χ4n) is 2.33. The highest BCUT2D eigenvalue weighted by atomic mass is 32.1. The Bertz CT molecular complexity index is 966. The highest BCUT2D eigenvalue weighted by Crippen LogP contribution is 2.36. The number of imidazole rings is 1. The molecule has 8 heteroatoms. The molecule has 2 aromatic heterocycles. The van der Waals surface area contributed by atoms with Crippen LogP contribution in [-0.4, -0.2) is 26.8 Å². The number of benzene rings is 1. The number of nitrogens with zero attached hydrogens (tertiary/aromatic N) is 4. The van der Waals surface area contributed by atoms with Crippen LogP contribution in [0.3, 0.4) is 0 Å². The molecule has 0 spiro atoms. The van der Waals surface area contributed by atoms with Crippen LogP contribution in [-0.2, 0) is 14.1 Å². The number of aryl methyl sites for hydroxylation is 2. The van der Waals surface area contributed by atoms with E-state index in [0.29, 0.717) is 16.4 Å². The first-order valence-electron chi connectivity index (χ1n) is 6.59. The minimum atomic E-state index is -0.366. The van der Waals surface area contributed by atoms with E-state index < -0.39 is 0 Å². The van der Waals surface area contributed by atoms with E-state index in [0.717, 1.165) is 16.0 Å². The quantitative estimate of drug-likeness (QED) is 0.681. The molecule has 0 bridgehead atoms. The van der Waals surface area contributed by atoms with Gasteiger partial charge in [-0.2, -0.15) is 4.99 Å². The van der Waals surface area contributed by atoms with E-state index in [9.17, 15) is 4.79 Å². The molecule has 7 nitrogen and oxygen atoms in total. The number of rotatable bonds is 1. The smallest absolute Gasteiger partial charge is 0.315 e. The Morgan fingerprint density at radius 2 is 2.09 bits per heavy atom. The van der Waals surface area contributed by atoms with Crippen molar-refractivity contribution in [3.05, 3.63) is 35.2 Å². The average Bonchev–Trinajstić information content (AvgIpc) is 3.18. The van der Waals surface area contributed by atoms with Crippen LogP contribution < -0.4 is 14.3 Å². The summed E-state index contributed by atoms with van der Waals surface area (Å²) in [6, 6.07) is 3.81. The third kappa shape index (κ3) is 1.92. The Morgan fingerprint density at radius 1 is 1.32 bits per heavy atom. The molecule has 3 heterocycles. The summed E-state index contributed by atoms with van der Waals surface area (Å²) in [5.41, 5.74) is 0.945. The van der Waals surface area contributed by atoms with Crippen LogP contribution in [0.2, 0.25) is 0 Å². The number of aromatic nitrogens is 3. The molecule has 112 valence electrons. The molecule has 0 atom stereocenters. The SMILES string of the molecule is Cn1ccnc1C(=O)N=c1sc2cc3c(cc2n1C)OCO3. The predicted octanol–water partition coefficient (Wildman–Crippen LogP) is 1.44. The molecule has 0 saturated carbocycles. The molecule has 0 fully saturated rings. The summed E-state index contributed by atoms with van der Waals surface area (Å²) in [4.78, 5) is 21.0. The predicted molar refractivity (Wildman–Crippen MR) is 80.0 cm³/mol. The monoisotopic (exact) mass is 316 g/mol. The molecule has 1 amide bonds. The standard InChI is InChI=1S/C14H12N4O3S/c1-17-4-3-15-12(17)13(19)16-14-18(2)8-5-9-10(21-7-20-9)6-11(8)22-14/h3-6H,7H2,1-2H3. The fourth-order valence-corrected chi connectivity index (χ4v) is 3.36. The van der Waals surface area contributed by atoms with Crippen molar-refractivity contribution in [3.63, 3.8) is 0 Å². The van der Waals surface area contributed by atoms with Crippen LogP contribution in [0.25, 0.3) is 10.2 Å². The second kappa shape index (κ2) is 4.70. The molecule has 0 saturated heterocycles. The summed E-state index contributed by atoms with van der Waals surface area (Å²) in [6.07, 6.45) is 3.29. The van der Waals surface area contributed by atoms with E-state index in [1.54, 1.807) is 24.0 Å². The van der Waals surface area contributed by atoms with Crippen molar-refractivity contribution in [2.45, 2.75) is 0 Å². The van der Waals surface area contributed by atoms with Gasteiger partial charge >= 0.3 is 5.91 Å². The van der Waals surface area contributed by atoms with Crippen molar-refractivity contribution >= 4 is 27.5 Å². The van der Waals surface area contributed by atoms with Crippen molar-refractivity contribution in [2.75, 3.05) is 6.79 Å². The summed E-state index contributed by atoms with van der Waals surface area (Å²) in [5.74, 6) is 1.38. The molecule has 22 heavy (non-hydrogen) atoms. The maximum absolute atomic E-state index is 12.2. The summed E-state index contributed by atoms with van der Waals surface area (Å²) >= 11 is 1.42. The lowest BCUT2D eigenvalue weighted by Crippen LogP contribution is -2.15. The molecular formula is C14H12N4O3S. The lowest BCUT2D eigenvalue weighted by atomic mass is 10.3. The Morgan fingerprint density at radius 3 is 2.82 bits per heavy atom. The van der Waals surface area contributed by atoms with Gasteiger partial charge in [0.15, 0.2) is 16.3 Å². The number of carbonyl (C=O) groups excluding carboxylic acids is 1. The first kappa shape index (κ1) is 13.1. The van der Waals surface area contributed by atoms with Crippen LogP contribution in [0.5, 0.6) is 11.5 Å². The topological polar surface area (TPSA) is 70.6 Å². The number of thiazole rings is 1. The number of hydrogen-bond donors (Lipinski definition) is 0. The molecule has 0 N–H and O–H groups in total. The van der Waals surface area contributed by atoms with Crippen LogP contribution in [0.15, 0.2) is 29.5 Å². The van der Waals surface area contributed by atoms with Gasteiger partial charge in [-0.15, -0.1) is 0 Å². The van der Waals surface area contributed by atoms with Crippen LogP contribution in [0.4, 0.5) is 0 Å². The molecule has 4 rings (SSSR count). The lowest BCUT2D eigenvalue weighted by molar-refractivity contribution is 0.0985. The van der Waals surface area contributed by atoms with Crippen LogP contribution >= 0.6 is 11.3 Å². The minimum absolute atomic E-state index is 0.241. The van der Waals surface area contributed by atoms with Gasteiger partial charge in [0.25, 0.3) is 0 Å². The number of carbonyl (C=O) groups is 1. The molecule has 3 aromatic rings. The molecule has 1 aliphatic rings. The van der Waals surface area contributed by atoms with Crippen molar-refractivity contribution in [1.82, 2.24) is 14.1 Å². The van der Waals surface area contributed by atoms with E-state index in [-0.39, 0.29) is 12.7 Å². The molecular weight excluding hydrogens is 304 g/mol. The zero-order chi connectivity index (χ0) is 15.3. The van der Waals surface area contributed by atoms with E-state index in [4.69, 9.17) is 9.47 Å². The van der Waals surface area contributed by atoms with E-state index in [1.807, 2.05) is 23.7 Å². The summed E-state index contributed by atoms with van der Waals surface area (Å²) < 4.78 is 15.3. The van der Waals surface area contributed by atoms with E-state index >= 15 is 0 Å². The minimum Gasteiger partial charge on any atom is -0.454 e. The maximum atomic E-state index is 12.2. The molecule has 1 aliphatic heterocycles. The van der Waals surface area contributed by atoms with Gasteiger partial charge in [-0.3, -0.25) is 4.79 Å². The summed E-state index contributed by atoms with van der Waals surface area (Å²) in [5, 5.41) is 0. The molecule has 0 aliphatic carbocycles. The molecule has 0 radical (unpaired) electrons.